The van der Waals surface area contributed by atoms with E-state index in [1.54, 1.807) is 12.4 Å². The molecule has 4 heterocycles. The normalized spacial score (nSPS) is 17.8. The minimum absolute atomic E-state index is 0.290. The molecule has 1 fully saturated rings. The third-order valence-electron chi connectivity index (χ3n) is 5.45. The maximum Gasteiger partial charge on any atom is 0.285 e. The van der Waals surface area contributed by atoms with Crippen molar-refractivity contribution >= 4 is 21.5 Å². The van der Waals surface area contributed by atoms with E-state index in [1.165, 1.54) is 10.8 Å². The van der Waals surface area contributed by atoms with Crippen molar-refractivity contribution < 1.29 is 12.7 Å². The van der Waals surface area contributed by atoms with Gasteiger partial charge in [-0.05, 0) is 25.0 Å². The molecular weight excluding hydrogens is 408 g/mol. The SMILES string of the molecule is CS(=O)(=O)ON1CCCc2c1c(CCN1CCN(c3ccncc3)CC1)n[nH]c2=O. The molecule has 30 heavy (non-hydrogen) atoms. The van der Waals surface area contributed by atoms with Crippen LogP contribution in [0, 0.1) is 0 Å². The molecule has 2 aliphatic rings. The van der Waals surface area contributed by atoms with Crippen LogP contribution in [0.4, 0.5) is 11.4 Å². The number of nitrogens with one attached hydrogen (secondary N) is 1. The monoisotopic (exact) mass is 434 g/mol. The van der Waals surface area contributed by atoms with E-state index in [9.17, 15) is 13.2 Å². The maximum absolute atomic E-state index is 12.2. The summed E-state index contributed by atoms with van der Waals surface area (Å²) >= 11 is 0. The number of H-pyrrole nitrogens is 1. The van der Waals surface area contributed by atoms with Gasteiger partial charge >= 0.3 is 0 Å². The van der Waals surface area contributed by atoms with Crippen molar-refractivity contribution in [1.82, 2.24) is 20.1 Å². The van der Waals surface area contributed by atoms with Gasteiger partial charge in [-0.1, -0.05) is 0 Å². The fourth-order valence-electron chi connectivity index (χ4n) is 4.02. The van der Waals surface area contributed by atoms with Gasteiger partial charge in [0.05, 0.1) is 17.6 Å². The van der Waals surface area contributed by atoms with Crippen LogP contribution >= 0.6 is 0 Å². The Morgan fingerprint density at radius 3 is 2.57 bits per heavy atom. The molecule has 0 saturated carbocycles. The Labute approximate surface area is 175 Å². The summed E-state index contributed by atoms with van der Waals surface area (Å²) in [5.41, 5.74) is 2.59. The van der Waals surface area contributed by atoms with Crippen LogP contribution in [-0.2, 0) is 27.2 Å². The fraction of sp³-hybridized carbons (Fsp3) is 0.526. The zero-order valence-electron chi connectivity index (χ0n) is 17.0. The summed E-state index contributed by atoms with van der Waals surface area (Å²) in [5.74, 6) is 0. The van der Waals surface area contributed by atoms with Gasteiger partial charge in [0, 0.05) is 69.3 Å². The molecule has 4 rings (SSSR count). The van der Waals surface area contributed by atoms with E-state index in [0.717, 1.165) is 39.0 Å². The van der Waals surface area contributed by atoms with Crippen LogP contribution in [0.1, 0.15) is 17.7 Å². The molecule has 2 aromatic rings. The zero-order valence-corrected chi connectivity index (χ0v) is 17.8. The zero-order chi connectivity index (χ0) is 21.1. The lowest BCUT2D eigenvalue weighted by molar-refractivity contribution is 0.257. The molecule has 0 radical (unpaired) electrons. The Morgan fingerprint density at radius 2 is 1.87 bits per heavy atom. The standard InChI is InChI=1S/C19H26N6O4S/c1-30(27,28)29-25-9-2-3-16-18(25)17(21-22-19(16)26)6-10-23-11-13-24(14-12-23)15-4-7-20-8-5-15/h4-5,7-8H,2-3,6,9-14H2,1H3,(H,22,26). The lowest BCUT2D eigenvalue weighted by Gasteiger charge is -2.36. The molecule has 2 aromatic heterocycles. The van der Waals surface area contributed by atoms with Crippen LogP contribution in [0.5, 0.6) is 0 Å². The number of hydroxylamine groups is 1. The van der Waals surface area contributed by atoms with Crippen LogP contribution in [0.15, 0.2) is 29.3 Å². The first-order valence-electron chi connectivity index (χ1n) is 10.1. The number of pyridine rings is 1. The van der Waals surface area contributed by atoms with Crippen molar-refractivity contribution in [2.24, 2.45) is 0 Å². The molecule has 11 heteroatoms. The highest BCUT2D eigenvalue weighted by atomic mass is 32.2. The molecule has 0 spiro atoms. The van der Waals surface area contributed by atoms with E-state index >= 15 is 0 Å². The summed E-state index contributed by atoms with van der Waals surface area (Å²) in [7, 11) is -3.70. The number of rotatable bonds is 6. The molecule has 0 atom stereocenters. The summed E-state index contributed by atoms with van der Waals surface area (Å²) in [6.45, 7) is 4.84. The van der Waals surface area contributed by atoms with E-state index < -0.39 is 10.1 Å². The largest absolute Gasteiger partial charge is 0.369 e. The van der Waals surface area contributed by atoms with Gasteiger partial charge in [-0.25, -0.2) is 10.2 Å². The maximum atomic E-state index is 12.2. The molecule has 2 aliphatic heterocycles. The number of nitrogens with zero attached hydrogens (tertiary/aromatic N) is 5. The second-order valence-electron chi connectivity index (χ2n) is 7.60. The third-order valence-corrected chi connectivity index (χ3v) is 5.90. The second kappa shape index (κ2) is 8.70. The number of hydrogen-bond donors (Lipinski definition) is 1. The highest BCUT2D eigenvalue weighted by molar-refractivity contribution is 7.86. The van der Waals surface area contributed by atoms with Gasteiger partial charge in [-0.3, -0.25) is 14.7 Å². The van der Waals surface area contributed by atoms with Crippen LogP contribution in [0.25, 0.3) is 0 Å². The van der Waals surface area contributed by atoms with Crippen molar-refractivity contribution in [2.75, 3.05) is 55.5 Å². The first-order valence-corrected chi connectivity index (χ1v) is 11.9. The molecule has 0 aromatic carbocycles. The van der Waals surface area contributed by atoms with Gasteiger partial charge in [0.1, 0.15) is 0 Å². The Hall–Kier alpha value is -2.50. The molecule has 0 aliphatic carbocycles. The topological polar surface area (TPSA) is 112 Å². The highest BCUT2D eigenvalue weighted by Gasteiger charge is 2.28. The van der Waals surface area contributed by atoms with E-state index in [2.05, 4.69) is 25.0 Å². The first kappa shape index (κ1) is 20.8. The number of aromatic nitrogens is 3. The van der Waals surface area contributed by atoms with Crippen molar-refractivity contribution in [2.45, 2.75) is 19.3 Å². The second-order valence-corrected chi connectivity index (χ2v) is 9.15. The number of hydrogen-bond acceptors (Lipinski definition) is 9. The quantitative estimate of drug-likeness (QED) is 0.680. The van der Waals surface area contributed by atoms with Crippen molar-refractivity contribution in [3.63, 3.8) is 0 Å². The summed E-state index contributed by atoms with van der Waals surface area (Å²) in [4.78, 5) is 21.0. The molecular formula is C19H26N6O4S. The Bertz CT molecular complexity index is 1030. The highest BCUT2D eigenvalue weighted by Crippen LogP contribution is 2.28. The fourth-order valence-corrected chi connectivity index (χ4v) is 4.49. The molecule has 162 valence electrons. The van der Waals surface area contributed by atoms with Gasteiger partial charge < -0.3 is 4.90 Å². The van der Waals surface area contributed by atoms with Gasteiger partial charge in [-0.2, -0.15) is 13.5 Å². The first-order chi connectivity index (χ1) is 14.4. The summed E-state index contributed by atoms with van der Waals surface area (Å²) in [5, 5.41) is 8.09. The van der Waals surface area contributed by atoms with Gasteiger partial charge in [-0.15, -0.1) is 4.28 Å². The molecule has 1 N–H and O–H groups in total. The van der Waals surface area contributed by atoms with Crippen molar-refractivity contribution in [1.29, 1.82) is 0 Å². The van der Waals surface area contributed by atoms with Crippen LogP contribution in [-0.4, -0.2) is 74.0 Å². The number of anilines is 2. The van der Waals surface area contributed by atoms with E-state index in [-0.39, 0.29) is 5.56 Å². The van der Waals surface area contributed by atoms with Crippen LogP contribution < -0.4 is 15.5 Å². The van der Waals surface area contributed by atoms with E-state index in [0.29, 0.717) is 42.8 Å². The summed E-state index contributed by atoms with van der Waals surface area (Å²) in [6.07, 6.45) is 6.43. The molecule has 0 bridgehead atoms. The van der Waals surface area contributed by atoms with E-state index in [1.807, 2.05) is 12.1 Å². The van der Waals surface area contributed by atoms with Crippen molar-refractivity contribution in [3.8, 4) is 0 Å². The molecule has 10 nitrogen and oxygen atoms in total. The molecule has 0 unspecified atom stereocenters. The molecule has 0 amide bonds. The van der Waals surface area contributed by atoms with Crippen LogP contribution in [0.3, 0.4) is 0 Å². The van der Waals surface area contributed by atoms with Gasteiger partial charge in [0.25, 0.3) is 15.7 Å². The minimum atomic E-state index is -3.70. The van der Waals surface area contributed by atoms with Crippen molar-refractivity contribution in [3.05, 3.63) is 46.1 Å². The average Bonchev–Trinajstić information content (AvgIpc) is 2.74. The van der Waals surface area contributed by atoms with Gasteiger partial charge in [0.15, 0.2) is 0 Å². The van der Waals surface area contributed by atoms with Gasteiger partial charge in [0.2, 0.25) is 0 Å². The lowest BCUT2D eigenvalue weighted by Crippen LogP contribution is -2.47. The number of aromatic amines is 1. The lowest BCUT2D eigenvalue weighted by atomic mass is 10.0. The third kappa shape index (κ3) is 4.79. The van der Waals surface area contributed by atoms with Crippen LogP contribution in [0.2, 0.25) is 0 Å². The Morgan fingerprint density at radius 1 is 1.13 bits per heavy atom. The number of piperazine rings is 1. The predicted molar refractivity (Wildman–Crippen MR) is 113 cm³/mol. The number of fused-ring (bicyclic) bond motifs is 1. The minimum Gasteiger partial charge on any atom is -0.369 e. The average molecular weight is 435 g/mol. The van der Waals surface area contributed by atoms with E-state index in [4.69, 9.17) is 4.28 Å². The molecule has 1 saturated heterocycles. The Balaban J connectivity index is 1.44. The Kier molecular flexibility index (Phi) is 6.02. The summed E-state index contributed by atoms with van der Waals surface area (Å²) < 4.78 is 28.5. The predicted octanol–water partition coefficient (Wildman–Crippen LogP) is 0.173. The smallest absolute Gasteiger partial charge is 0.285 e. The summed E-state index contributed by atoms with van der Waals surface area (Å²) in [6, 6.07) is 4.03.